The van der Waals surface area contributed by atoms with E-state index < -0.39 is 11.5 Å². The minimum Gasteiger partial charge on any atom is -0.479 e. The molecule has 17 heavy (non-hydrogen) atoms. The first-order chi connectivity index (χ1) is 7.94. The van der Waals surface area contributed by atoms with Crippen LogP contribution in [0.3, 0.4) is 0 Å². The highest BCUT2D eigenvalue weighted by Gasteiger charge is 2.43. The number of aliphatic carboxylic acids is 1. The molecule has 98 valence electrons. The maximum Gasteiger partial charge on any atom is 0.329 e. The fraction of sp³-hybridized carbons (Fsp3) is 0.846. The molecule has 0 aromatic heterocycles. The molecule has 2 unspecified atom stereocenters. The van der Waals surface area contributed by atoms with Crippen molar-refractivity contribution in [1.82, 2.24) is 4.90 Å². The molecule has 4 heteroatoms. The van der Waals surface area contributed by atoms with Gasteiger partial charge in [-0.1, -0.05) is 26.7 Å². The summed E-state index contributed by atoms with van der Waals surface area (Å²) in [5, 5.41) is 9.44. The minimum atomic E-state index is -0.981. The number of carbonyl (C=O) groups excluding carboxylic acids is 1. The molecule has 2 atom stereocenters. The molecule has 0 radical (unpaired) electrons. The highest BCUT2D eigenvalue weighted by atomic mass is 16.4. The Labute approximate surface area is 103 Å². The molecule has 0 bridgehead atoms. The molecule has 1 aliphatic carbocycles. The Morgan fingerprint density at radius 2 is 2.06 bits per heavy atom. The Bertz CT molecular complexity index is 290. The van der Waals surface area contributed by atoms with Crippen molar-refractivity contribution in [3.8, 4) is 0 Å². The maximum atomic E-state index is 11.5. The topological polar surface area (TPSA) is 57.6 Å². The van der Waals surface area contributed by atoms with Crippen LogP contribution < -0.4 is 0 Å². The number of hydrogen-bond donors (Lipinski definition) is 1. The van der Waals surface area contributed by atoms with Crippen LogP contribution in [0.4, 0.5) is 0 Å². The van der Waals surface area contributed by atoms with Gasteiger partial charge in [-0.2, -0.15) is 0 Å². The molecule has 1 N–H and O–H groups in total. The Morgan fingerprint density at radius 1 is 1.41 bits per heavy atom. The normalized spacial score (nSPS) is 29.8. The van der Waals surface area contributed by atoms with Gasteiger partial charge in [0.2, 0.25) is 6.41 Å². The van der Waals surface area contributed by atoms with E-state index in [0.717, 1.165) is 19.3 Å². The third-order valence-corrected chi connectivity index (χ3v) is 4.27. The number of rotatable bonds is 4. The van der Waals surface area contributed by atoms with Gasteiger partial charge < -0.3 is 10.0 Å². The van der Waals surface area contributed by atoms with Gasteiger partial charge in [0.1, 0.15) is 5.54 Å². The van der Waals surface area contributed by atoms with Crippen LogP contribution in [0.25, 0.3) is 0 Å². The third kappa shape index (κ3) is 2.79. The number of carboxylic acid groups (broad SMARTS) is 1. The average molecular weight is 241 g/mol. The van der Waals surface area contributed by atoms with E-state index in [1.807, 2.05) is 0 Å². The SMILES string of the molecule is CC(C)C1CCCC(C(=O)O)(N(C)C=O)CC1. The quantitative estimate of drug-likeness (QED) is 0.606. The maximum absolute atomic E-state index is 11.5. The van der Waals surface area contributed by atoms with E-state index in [1.165, 1.54) is 4.90 Å². The summed E-state index contributed by atoms with van der Waals surface area (Å²) in [5.41, 5.74) is -0.981. The fourth-order valence-electron chi connectivity index (χ4n) is 2.84. The monoisotopic (exact) mass is 241 g/mol. The van der Waals surface area contributed by atoms with Gasteiger partial charge in [-0.25, -0.2) is 4.79 Å². The van der Waals surface area contributed by atoms with Crippen molar-refractivity contribution in [3.63, 3.8) is 0 Å². The van der Waals surface area contributed by atoms with Gasteiger partial charge in [-0.05, 0) is 31.1 Å². The van der Waals surface area contributed by atoms with E-state index in [2.05, 4.69) is 13.8 Å². The van der Waals surface area contributed by atoms with Crippen molar-refractivity contribution in [3.05, 3.63) is 0 Å². The predicted octanol–water partition coefficient (Wildman–Crippen LogP) is 2.13. The van der Waals surface area contributed by atoms with Crippen LogP contribution in [-0.4, -0.2) is 35.0 Å². The van der Waals surface area contributed by atoms with Crippen molar-refractivity contribution >= 4 is 12.4 Å². The lowest BCUT2D eigenvalue weighted by molar-refractivity contribution is -0.155. The molecular weight excluding hydrogens is 218 g/mol. The lowest BCUT2D eigenvalue weighted by Gasteiger charge is -2.35. The average Bonchev–Trinajstić information content (AvgIpc) is 2.51. The minimum absolute atomic E-state index is 0.570. The summed E-state index contributed by atoms with van der Waals surface area (Å²) in [7, 11) is 1.58. The lowest BCUT2D eigenvalue weighted by Crippen LogP contribution is -2.52. The zero-order valence-electron chi connectivity index (χ0n) is 11.0. The first kappa shape index (κ1) is 14.0. The predicted molar refractivity (Wildman–Crippen MR) is 65.6 cm³/mol. The van der Waals surface area contributed by atoms with Crippen LogP contribution >= 0.6 is 0 Å². The second kappa shape index (κ2) is 5.52. The van der Waals surface area contributed by atoms with E-state index in [-0.39, 0.29) is 0 Å². The van der Waals surface area contributed by atoms with Gasteiger partial charge >= 0.3 is 5.97 Å². The lowest BCUT2D eigenvalue weighted by atomic mass is 9.86. The molecule has 0 aromatic rings. The molecule has 0 saturated heterocycles. The molecule has 0 aromatic carbocycles. The first-order valence-electron chi connectivity index (χ1n) is 6.35. The van der Waals surface area contributed by atoms with Crippen LogP contribution in [-0.2, 0) is 9.59 Å². The molecule has 0 aliphatic heterocycles. The van der Waals surface area contributed by atoms with E-state index in [0.29, 0.717) is 31.1 Å². The van der Waals surface area contributed by atoms with Crippen molar-refractivity contribution in [2.45, 2.75) is 51.5 Å². The number of amides is 1. The summed E-state index contributed by atoms with van der Waals surface area (Å²) in [6.07, 6.45) is 4.62. The zero-order valence-corrected chi connectivity index (χ0v) is 11.0. The fourth-order valence-corrected chi connectivity index (χ4v) is 2.84. The van der Waals surface area contributed by atoms with E-state index in [1.54, 1.807) is 7.05 Å². The Morgan fingerprint density at radius 3 is 2.53 bits per heavy atom. The number of carboxylic acids is 1. The van der Waals surface area contributed by atoms with Crippen molar-refractivity contribution < 1.29 is 14.7 Å². The van der Waals surface area contributed by atoms with E-state index >= 15 is 0 Å². The molecular formula is C13H23NO3. The summed E-state index contributed by atoms with van der Waals surface area (Å²) < 4.78 is 0. The highest BCUT2D eigenvalue weighted by molar-refractivity contribution is 5.81. The first-order valence-corrected chi connectivity index (χ1v) is 6.35. The molecule has 0 heterocycles. The van der Waals surface area contributed by atoms with Gasteiger partial charge in [-0.15, -0.1) is 0 Å². The summed E-state index contributed by atoms with van der Waals surface area (Å²) in [6, 6.07) is 0. The van der Waals surface area contributed by atoms with Crippen molar-refractivity contribution in [1.29, 1.82) is 0 Å². The van der Waals surface area contributed by atoms with Crippen LogP contribution in [0.2, 0.25) is 0 Å². The number of likely N-dealkylation sites (N-methyl/N-ethyl adjacent to an activating group) is 1. The van der Waals surface area contributed by atoms with Crippen LogP contribution in [0.1, 0.15) is 46.0 Å². The Balaban J connectivity index is 2.87. The second-order valence-corrected chi connectivity index (χ2v) is 5.49. The summed E-state index contributed by atoms with van der Waals surface area (Å²) in [4.78, 5) is 23.8. The molecule has 1 amide bonds. The van der Waals surface area contributed by atoms with Gasteiger partial charge in [0.15, 0.2) is 0 Å². The summed E-state index contributed by atoms with van der Waals surface area (Å²) in [5.74, 6) is 0.300. The Kier molecular flexibility index (Phi) is 4.54. The van der Waals surface area contributed by atoms with Crippen LogP contribution in [0.15, 0.2) is 0 Å². The van der Waals surface area contributed by atoms with Crippen molar-refractivity contribution in [2.75, 3.05) is 7.05 Å². The van der Waals surface area contributed by atoms with E-state index in [4.69, 9.17) is 0 Å². The molecule has 0 spiro atoms. The number of carbonyl (C=O) groups is 2. The Hall–Kier alpha value is -1.06. The van der Waals surface area contributed by atoms with Crippen LogP contribution in [0, 0.1) is 11.8 Å². The van der Waals surface area contributed by atoms with Gasteiger partial charge in [0, 0.05) is 7.05 Å². The van der Waals surface area contributed by atoms with Crippen molar-refractivity contribution in [2.24, 2.45) is 11.8 Å². The summed E-state index contributed by atoms with van der Waals surface area (Å²) >= 11 is 0. The van der Waals surface area contributed by atoms with Crippen LogP contribution in [0.5, 0.6) is 0 Å². The highest BCUT2D eigenvalue weighted by Crippen LogP contribution is 2.36. The molecule has 1 rings (SSSR count). The molecule has 1 saturated carbocycles. The largest absolute Gasteiger partial charge is 0.479 e. The number of hydrogen-bond acceptors (Lipinski definition) is 2. The summed E-state index contributed by atoms with van der Waals surface area (Å²) in [6.45, 7) is 4.36. The molecule has 4 nitrogen and oxygen atoms in total. The van der Waals surface area contributed by atoms with Gasteiger partial charge in [0.05, 0.1) is 0 Å². The smallest absolute Gasteiger partial charge is 0.329 e. The van der Waals surface area contributed by atoms with Gasteiger partial charge in [-0.3, -0.25) is 4.79 Å². The third-order valence-electron chi connectivity index (χ3n) is 4.27. The van der Waals surface area contributed by atoms with E-state index in [9.17, 15) is 14.7 Å². The second-order valence-electron chi connectivity index (χ2n) is 5.49. The van der Waals surface area contributed by atoms with Gasteiger partial charge in [0.25, 0.3) is 0 Å². The number of nitrogens with zero attached hydrogens (tertiary/aromatic N) is 1. The molecule has 1 aliphatic rings. The molecule has 1 fully saturated rings. The standard InChI is InChI=1S/C13H23NO3/c1-10(2)11-5-4-7-13(8-6-11,12(16)17)14(3)9-15/h9-11H,4-8H2,1-3H3,(H,16,17). The zero-order chi connectivity index (χ0) is 13.1.